The fourth-order valence-electron chi connectivity index (χ4n) is 3.50. The van der Waals surface area contributed by atoms with E-state index in [0.29, 0.717) is 24.5 Å². The summed E-state index contributed by atoms with van der Waals surface area (Å²) in [6.45, 7) is 1.25. The van der Waals surface area contributed by atoms with Crippen molar-refractivity contribution in [3.8, 4) is 11.8 Å². The van der Waals surface area contributed by atoms with E-state index in [1.165, 1.54) is 17.0 Å². The van der Waals surface area contributed by atoms with Crippen LogP contribution in [0.5, 0.6) is 0 Å². The molecule has 0 aliphatic carbocycles. The van der Waals surface area contributed by atoms with Gasteiger partial charge in [-0.3, -0.25) is 4.79 Å². The van der Waals surface area contributed by atoms with Crippen LogP contribution >= 0.6 is 11.6 Å². The van der Waals surface area contributed by atoms with E-state index >= 15 is 0 Å². The van der Waals surface area contributed by atoms with Gasteiger partial charge in [-0.15, -0.1) is 0 Å². The molecule has 0 spiro atoms. The molecule has 11 heteroatoms. The monoisotopic (exact) mass is 460 g/mol. The molecule has 1 amide bonds. The van der Waals surface area contributed by atoms with Crippen LogP contribution in [0.4, 0.5) is 19.0 Å². The number of nitriles is 1. The van der Waals surface area contributed by atoms with Crippen molar-refractivity contribution in [3.05, 3.63) is 70.6 Å². The molecule has 0 radical (unpaired) electrons. The van der Waals surface area contributed by atoms with Gasteiger partial charge in [0.1, 0.15) is 17.6 Å². The Morgan fingerprint density at radius 2 is 1.81 bits per heavy atom. The van der Waals surface area contributed by atoms with Gasteiger partial charge in [-0.25, -0.2) is 9.67 Å². The number of hydrogen-bond acceptors (Lipinski definition) is 5. The largest absolute Gasteiger partial charge is 0.435 e. The van der Waals surface area contributed by atoms with Crippen LogP contribution in [0, 0.1) is 11.3 Å². The first-order valence-corrected chi connectivity index (χ1v) is 9.99. The fourth-order valence-corrected chi connectivity index (χ4v) is 3.71. The lowest BCUT2D eigenvalue weighted by Crippen LogP contribution is -2.49. The minimum absolute atomic E-state index is 0.169. The molecular weight excluding hydrogens is 445 g/mol. The highest BCUT2D eigenvalue weighted by Gasteiger charge is 2.37. The molecule has 1 aliphatic rings. The summed E-state index contributed by atoms with van der Waals surface area (Å²) in [5.41, 5.74) is -0.807. The SMILES string of the molecule is N#Cc1cccnc1N1CCN(C(=O)c2cc(C(F)(F)F)nn2-c2ccccc2Cl)CC1. The second-order valence-electron chi connectivity index (χ2n) is 7.04. The first-order chi connectivity index (χ1) is 15.3. The zero-order valence-electron chi connectivity index (χ0n) is 16.6. The molecule has 1 fully saturated rings. The average molecular weight is 461 g/mol. The van der Waals surface area contributed by atoms with Crippen molar-refractivity contribution in [1.29, 1.82) is 5.26 Å². The van der Waals surface area contributed by atoms with Crippen LogP contribution in [0.2, 0.25) is 5.02 Å². The predicted octanol–water partition coefficient (Wildman–Crippen LogP) is 3.77. The summed E-state index contributed by atoms with van der Waals surface area (Å²) in [5.74, 6) is -0.0725. The lowest BCUT2D eigenvalue weighted by molar-refractivity contribution is -0.141. The highest BCUT2D eigenvalue weighted by atomic mass is 35.5. The van der Waals surface area contributed by atoms with Crippen molar-refractivity contribution < 1.29 is 18.0 Å². The number of halogens is 4. The average Bonchev–Trinajstić information content (AvgIpc) is 3.25. The lowest BCUT2D eigenvalue weighted by Gasteiger charge is -2.35. The Balaban J connectivity index is 1.61. The molecule has 4 rings (SSSR count). The number of carbonyl (C=O) groups excluding carboxylic acids is 1. The summed E-state index contributed by atoms with van der Waals surface area (Å²) in [4.78, 5) is 20.7. The van der Waals surface area contributed by atoms with E-state index in [-0.39, 0.29) is 29.5 Å². The van der Waals surface area contributed by atoms with Crippen molar-refractivity contribution in [2.75, 3.05) is 31.1 Å². The zero-order chi connectivity index (χ0) is 22.9. The standard InChI is InChI=1S/C21H16ClF3N6O/c22-15-5-1-2-6-16(15)31-17(12-18(28-31)21(23,24)25)20(32)30-10-8-29(9-11-30)19-14(13-26)4-3-7-27-19/h1-7,12H,8-11H2. The number of benzene rings is 1. The highest BCUT2D eigenvalue weighted by molar-refractivity contribution is 6.32. The minimum atomic E-state index is -4.72. The molecule has 0 bridgehead atoms. The van der Waals surface area contributed by atoms with Gasteiger partial charge in [0.25, 0.3) is 5.91 Å². The van der Waals surface area contributed by atoms with E-state index in [0.717, 1.165) is 10.7 Å². The van der Waals surface area contributed by atoms with E-state index in [1.807, 2.05) is 4.90 Å². The molecule has 1 aliphatic heterocycles. The van der Waals surface area contributed by atoms with E-state index < -0.39 is 17.8 Å². The van der Waals surface area contributed by atoms with Gasteiger partial charge >= 0.3 is 6.18 Å². The molecular formula is C21H16ClF3N6O. The minimum Gasteiger partial charge on any atom is -0.352 e. The molecule has 3 aromatic rings. The molecule has 1 saturated heterocycles. The van der Waals surface area contributed by atoms with Gasteiger partial charge in [-0.2, -0.15) is 23.5 Å². The topological polar surface area (TPSA) is 78.1 Å². The number of anilines is 1. The number of para-hydroxylation sites is 1. The molecule has 32 heavy (non-hydrogen) atoms. The van der Waals surface area contributed by atoms with E-state index in [9.17, 15) is 23.2 Å². The number of alkyl halides is 3. The second kappa shape index (κ2) is 8.51. The van der Waals surface area contributed by atoms with Crippen molar-refractivity contribution in [2.45, 2.75) is 6.18 Å². The maximum Gasteiger partial charge on any atom is 0.435 e. The van der Waals surface area contributed by atoms with E-state index in [2.05, 4.69) is 16.2 Å². The number of aromatic nitrogens is 3. The molecule has 3 heterocycles. The number of pyridine rings is 1. The molecule has 0 atom stereocenters. The summed E-state index contributed by atoms with van der Waals surface area (Å²) >= 11 is 6.15. The Bertz CT molecular complexity index is 1190. The third-order valence-electron chi connectivity index (χ3n) is 5.07. The first-order valence-electron chi connectivity index (χ1n) is 9.61. The van der Waals surface area contributed by atoms with Crippen LogP contribution < -0.4 is 4.90 Å². The summed E-state index contributed by atoms with van der Waals surface area (Å²) < 4.78 is 41.0. The van der Waals surface area contributed by atoms with Gasteiger partial charge in [-0.05, 0) is 24.3 Å². The smallest absolute Gasteiger partial charge is 0.352 e. The summed E-state index contributed by atoms with van der Waals surface area (Å²) in [7, 11) is 0. The van der Waals surface area contributed by atoms with Gasteiger partial charge in [0, 0.05) is 38.4 Å². The van der Waals surface area contributed by atoms with Crippen molar-refractivity contribution in [3.63, 3.8) is 0 Å². The van der Waals surface area contributed by atoms with Crippen LogP contribution in [-0.2, 0) is 6.18 Å². The Hall–Kier alpha value is -3.58. The maximum absolute atomic E-state index is 13.3. The van der Waals surface area contributed by atoms with Gasteiger partial charge in [0.05, 0.1) is 16.3 Å². The first kappa shape index (κ1) is 21.6. The maximum atomic E-state index is 13.3. The van der Waals surface area contributed by atoms with Gasteiger partial charge in [-0.1, -0.05) is 23.7 Å². The number of nitrogens with zero attached hydrogens (tertiary/aromatic N) is 6. The number of hydrogen-bond donors (Lipinski definition) is 0. The Kier molecular flexibility index (Phi) is 5.76. The molecule has 0 N–H and O–H groups in total. The van der Waals surface area contributed by atoms with E-state index in [1.54, 1.807) is 30.5 Å². The summed E-state index contributed by atoms with van der Waals surface area (Å²) in [6.07, 6.45) is -3.14. The van der Waals surface area contributed by atoms with Crippen LogP contribution in [0.25, 0.3) is 5.69 Å². The second-order valence-corrected chi connectivity index (χ2v) is 7.45. The third kappa shape index (κ3) is 4.11. The molecule has 0 unspecified atom stereocenters. The Labute approximate surface area is 186 Å². The van der Waals surface area contributed by atoms with Crippen LogP contribution in [-0.4, -0.2) is 51.8 Å². The number of rotatable bonds is 3. The van der Waals surface area contributed by atoms with Gasteiger partial charge < -0.3 is 9.80 Å². The Morgan fingerprint density at radius 3 is 2.47 bits per heavy atom. The normalized spacial score (nSPS) is 14.3. The van der Waals surface area contributed by atoms with Crippen LogP contribution in [0.15, 0.2) is 48.7 Å². The molecule has 164 valence electrons. The molecule has 7 nitrogen and oxygen atoms in total. The Morgan fingerprint density at radius 1 is 1.09 bits per heavy atom. The van der Waals surface area contributed by atoms with E-state index in [4.69, 9.17) is 11.6 Å². The fraction of sp³-hybridized carbons (Fsp3) is 0.238. The molecule has 1 aromatic carbocycles. The third-order valence-corrected chi connectivity index (χ3v) is 5.39. The van der Waals surface area contributed by atoms with Gasteiger partial charge in [0.15, 0.2) is 5.69 Å². The molecule has 2 aromatic heterocycles. The summed E-state index contributed by atoms with van der Waals surface area (Å²) in [5, 5.41) is 13.1. The highest BCUT2D eigenvalue weighted by Crippen LogP contribution is 2.31. The van der Waals surface area contributed by atoms with Crippen molar-refractivity contribution >= 4 is 23.3 Å². The van der Waals surface area contributed by atoms with Crippen molar-refractivity contribution in [2.24, 2.45) is 0 Å². The molecule has 0 saturated carbocycles. The lowest BCUT2D eigenvalue weighted by atomic mass is 10.2. The number of amides is 1. The quantitative estimate of drug-likeness (QED) is 0.594. The number of piperazine rings is 1. The number of carbonyl (C=O) groups is 1. The van der Waals surface area contributed by atoms with Crippen LogP contribution in [0.3, 0.4) is 0 Å². The summed E-state index contributed by atoms with van der Waals surface area (Å²) in [6, 6.07) is 12.4. The van der Waals surface area contributed by atoms with Crippen molar-refractivity contribution in [1.82, 2.24) is 19.7 Å². The van der Waals surface area contributed by atoms with Gasteiger partial charge in [0.2, 0.25) is 0 Å². The van der Waals surface area contributed by atoms with Crippen LogP contribution in [0.1, 0.15) is 21.7 Å². The predicted molar refractivity (Wildman–Crippen MR) is 111 cm³/mol. The zero-order valence-corrected chi connectivity index (χ0v) is 17.3.